The summed E-state index contributed by atoms with van der Waals surface area (Å²) >= 11 is 0. The molecule has 0 bridgehead atoms. The fourth-order valence-corrected chi connectivity index (χ4v) is 1.98. The fraction of sp³-hybridized carbons (Fsp3) is 0.500. The van der Waals surface area contributed by atoms with Gasteiger partial charge in [-0.1, -0.05) is 29.3 Å². The van der Waals surface area contributed by atoms with E-state index in [-0.39, 0.29) is 17.0 Å². The molecule has 0 amide bonds. The van der Waals surface area contributed by atoms with Crippen LogP contribution in [0.1, 0.15) is 29.5 Å². The van der Waals surface area contributed by atoms with Crippen LogP contribution < -0.4 is 0 Å². The fourth-order valence-electron chi connectivity index (χ4n) is 1.69. The molecule has 0 spiro atoms. The van der Waals surface area contributed by atoms with Crippen molar-refractivity contribution in [3.63, 3.8) is 0 Å². The van der Waals surface area contributed by atoms with Crippen molar-refractivity contribution in [2.75, 3.05) is 6.16 Å². The molecule has 1 unspecified atom stereocenters. The molecule has 0 nitrogen and oxygen atoms in total. The quantitative estimate of drug-likeness (QED) is 0.573. The van der Waals surface area contributed by atoms with Gasteiger partial charge in [-0.2, -0.15) is 0 Å². The van der Waals surface area contributed by atoms with Crippen molar-refractivity contribution in [3.05, 3.63) is 34.9 Å². The molecule has 80 valence electrons. The van der Waals surface area contributed by atoms with Crippen LogP contribution in [-0.2, 0) is 6.42 Å². The Hall–Kier alpha value is 0.130. The summed E-state index contributed by atoms with van der Waals surface area (Å²) in [6.45, 7) is 4.35. The van der Waals surface area contributed by atoms with E-state index < -0.39 is 0 Å². The van der Waals surface area contributed by atoms with E-state index in [2.05, 4.69) is 41.3 Å². The highest BCUT2D eigenvalue weighted by Gasteiger charge is 1.95. The van der Waals surface area contributed by atoms with Crippen LogP contribution in [0, 0.1) is 13.8 Å². The first-order valence-corrected chi connectivity index (χ1v) is 5.81. The summed E-state index contributed by atoms with van der Waals surface area (Å²) in [7, 11) is 2.78. The summed E-state index contributed by atoms with van der Waals surface area (Å²) in [6.07, 6.45) is 5.09. The van der Waals surface area contributed by atoms with Crippen molar-refractivity contribution in [1.82, 2.24) is 0 Å². The number of hydrogen-bond acceptors (Lipinski definition) is 0. The second-order valence-electron chi connectivity index (χ2n) is 3.74. The molecular formula is C12H20BrP. The first kappa shape index (κ1) is 14.1. The molecule has 1 atom stereocenters. The van der Waals surface area contributed by atoms with Gasteiger partial charge in [0.15, 0.2) is 0 Å². The molecule has 0 aliphatic rings. The zero-order chi connectivity index (χ0) is 9.68. The summed E-state index contributed by atoms with van der Waals surface area (Å²) in [5, 5.41) is 0. The van der Waals surface area contributed by atoms with E-state index in [0.717, 1.165) is 0 Å². The predicted molar refractivity (Wildman–Crippen MR) is 73.8 cm³/mol. The number of aryl methyl sites for hydroxylation is 3. The summed E-state index contributed by atoms with van der Waals surface area (Å²) < 4.78 is 0. The van der Waals surface area contributed by atoms with Gasteiger partial charge in [-0.05, 0) is 44.8 Å². The highest BCUT2D eigenvalue weighted by atomic mass is 79.9. The molecule has 0 fully saturated rings. The summed E-state index contributed by atoms with van der Waals surface area (Å²) in [4.78, 5) is 0. The van der Waals surface area contributed by atoms with Gasteiger partial charge in [0.2, 0.25) is 0 Å². The third-order valence-electron chi connectivity index (χ3n) is 2.20. The van der Waals surface area contributed by atoms with Crippen LogP contribution in [0.25, 0.3) is 0 Å². The standard InChI is InChI=1S/C12H19P.BrH/c1-10-7-11(2)9-12(8-10)5-3-4-6-13;/h7-9H,3-6,13H2,1-2H3;1H. The topological polar surface area (TPSA) is 0 Å². The lowest BCUT2D eigenvalue weighted by molar-refractivity contribution is 0.801. The smallest absolute Gasteiger partial charge is 0.0279 e. The van der Waals surface area contributed by atoms with Crippen LogP contribution in [-0.4, -0.2) is 6.16 Å². The molecule has 0 saturated heterocycles. The van der Waals surface area contributed by atoms with Crippen LogP contribution in [0.5, 0.6) is 0 Å². The lowest BCUT2D eigenvalue weighted by Crippen LogP contribution is -1.88. The Balaban J connectivity index is 0.00000169. The molecule has 1 aromatic rings. The Kier molecular flexibility index (Phi) is 7.49. The number of unbranched alkanes of at least 4 members (excludes halogenated alkanes) is 1. The van der Waals surface area contributed by atoms with Crippen molar-refractivity contribution in [3.8, 4) is 0 Å². The van der Waals surface area contributed by atoms with E-state index in [0.29, 0.717) is 0 Å². The molecule has 14 heavy (non-hydrogen) atoms. The number of halogens is 1. The van der Waals surface area contributed by atoms with Gasteiger partial charge in [0.1, 0.15) is 0 Å². The normalized spacial score (nSPS) is 9.64. The molecule has 0 radical (unpaired) electrons. The number of benzene rings is 1. The van der Waals surface area contributed by atoms with Crippen molar-refractivity contribution in [2.45, 2.75) is 33.1 Å². The van der Waals surface area contributed by atoms with Crippen molar-refractivity contribution in [1.29, 1.82) is 0 Å². The highest BCUT2D eigenvalue weighted by molar-refractivity contribution is 8.93. The van der Waals surface area contributed by atoms with Gasteiger partial charge in [-0.3, -0.25) is 0 Å². The number of hydrogen-bond donors (Lipinski definition) is 0. The molecule has 0 heterocycles. The molecule has 2 heteroatoms. The van der Waals surface area contributed by atoms with Crippen molar-refractivity contribution < 1.29 is 0 Å². The van der Waals surface area contributed by atoms with Gasteiger partial charge in [0.25, 0.3) is 0 Å². The zero-order valence-corrected chi connectivity index (χ0v) is 11.9. The minimum Gasteiger partial charge on any atom is -0.138 e. The molecule has 1 aromatic carbocycles. The van der Waals surface area contributed by atoms with E-state index >= 15 is 0 Å². The van der Waals surface area contributed by atoms with E-state index in [4.69, 9.17) is 0 Å². The average Bonchev–Trinajstić information content (AvgIpc) is 2.03. The third-order valence-corrected chi connectivity index (χ3v) is 2.61. The van der Waals surface area contributed by atoms with Gasteiger partial charge in [-0.25, -0.2) is 0 Å². The van der Waals surface area contributed by atoms with Crippen LogP contribution in [0.4, 0.5) is 0 Å². The van der Waals surface area contributed by atoms with Gasteiger partial charge >= 0.3 is 0 Å². The summed E-state index contributed by atoms with van der Waals surface area (Å²) in [6, 6.07) is 6.84. The number of rotatable bonds is 4. The van der Waals surface area contributed by atoms with Gasteiger partial charge in [0.05, 0.1) is 0 Å². The second kappa shape index (κ2) is 7.43. The third kappa shape index (κ3) is 5.12. The minimum atomic E-state index is 0. The van der Waals surface area contributed by atoms with Crippen LogP contribution in [0.3, 0.4) is 0 Å². The Morgan fingerprint density at radius 3 is 2.07 bits per heavy atom. The molecular weight excluding hydrogens is 255 g/mol. The minimum absolute atomic E-state index is 0. The lowest BCUT2D eigenvalue weighted by Gasteiger charge is -2.04. The maximum absolute atomic E-state index is 2.78. The first-order valence-electron chi connectivity index (χ1n) is 4.99. The lowest BCUT2D eigenvalue weighted by atomic mass is 10.0. The van der Waals surface area contributed by atoms with Crippen molar-refractivity contribution in [2.24, 2.45) is 0 Å². The highest BCUT2D eigenvalue weighted by Crippen LogP contribution is 2.11. The van der Waals surface area contributed by atoms with E-state index in [1.54, 1.807) is 0 Å². The summed E-state index contributed by atoms with van der Waals surface area (Å²) in [5.74, 6) is 0. The molecule has 0 aromatic heterocycles. The van der Waals surface area contributed by atoms with Crippen LogP contribution in [0.15, 0.2) is 18.2 Å². The first-order chi connectivity index (χ1) is 6.22. The SMILES string of the molecule is Br.Cc1cc(C)cc(CCCCP)c1. The molecule has 0 aliphatic carbocycles. The molecule has 0 N–H and O–H groups in total. The predicted octanol–water partition coefficient (Wildman–Crippen LogP) is 4.08. The van der Waals surface area contributed by atoms with E-state index in [1.807, 2.05) is 0 Å². The van der Waals surface area contributed by atoms with Gasteiger partial charge in [-0.15, -0.1) is 26.2 Å². The Labute approximate surface area is 100 Å². The Morgan fingerprint density at radius 2 is 1.57 bits per heavy atom. The molecule has 0 aliphatic heterocycles. The van der Waals surface area contributed by atoms with Gasteiger partial charge in [0, 0.05) is 0 Å². The van der Waals surface area contributed by atoms with Gasteiger partial charge < -0.3 is 0 Å². The van der Waals surface area contributed by atoms with Crippen molar-refractivity contribution >= 4 is 26.2 Å². The Morgan fingerprint density at radius 1 is 1.00 bits per heavy atom. The monoisotopic (exact) mass is 274 g/mol. The van der Waals surface area contributed by atoms with Crippen LogP contribution >= 0.6 is 26.2 Å². The van der Waals surface area contributed by atoms with E-state index in [9.17, 15) is 0 Å². The largest absolute Gasteiger partial charge is 0.138 e. The Bertz CT molecular complexity index is 251. The van der Waals surface area contributed by atoms with Crippen LogP contribution in [0.2, 0.25) is 0 Å². The van der Waals surface area contributed by atoms with E-state index in [1.165, 1.54) is 42.1 Å². The average molecular weight is 275 g/mol. The summed E-state index contributed by atoms with van der Waals surface area (Å²) in [5.41, 5.74) is 4.28. The second-order valence-corrected chi connectivity index (χ2v) is 4.32. The molecule has 1 rings (SSSR count). The molecule has 0 saturated carbocycles. The zero-order valence-electron chi connectivity index (χ0n) is 9.05. The maximum Gasteiger partial charge on any atom is -0.0279 e. The maximum atomic E-state index is 2.78.